The number of amides is 1. The van der Waals surface area contributed by atoms with Crippen LogP contribution in [0.2, 0.25) is 0 Å². The van der Waals surface area contributed by atoms with Crippen LogP contribution in [0.4, 0.5) is 5.69 Å². The van der Waals surface area contributed by atoms with Gasteiger partial charge in [-0.3, -0.25) is 14.6 Å². The summed E-state index contributed by atoms with van der Waals surface area (Å²) in [5.74, 6) is -0.334. The second-order valence-electron chi connectivity index (χ2n) is 3.11. The molecule has 0 bridgehead atoms. The molecule has 16 heavy (non-hydrogen) atoms. The van der Waals surface area contributed by atoms with Crippen molar-refractivity contribution in [2.24, 2.45) is 0 Å². The fraction of sp³-hybridized carbons (Fsp3) is 0. The SMILES string of the molecule is O=C(Nc1c[nH]ccc1=O)c1ccncc1. The molecular formula is C11H9N3O2. The first-order valence-corrected chi connectivity index (χ1v) is 4.66. The normalized spacial score (nSPS) is 9.75. The first-order chi connectivity index (χ1) is 7.77. The van der Waals surface area contributed by atoms with Crippen LogP contribution in [0.3, 0.4) is 0 Å². The molecule has 0 aromatic carbocycles. The number of hydrogen-bond acceptors (Lipinski definition) is 3. The Morgan fingerprint density at radius 1 is 1.25 bits per heavy atom. The molecule has 0 saturated carbocycles. The summed E-state index contributed by atoms with van der Waals surface area (Å²) in [5.41, 5.74) is 0.448. The highest BCUT2D eigenvalue weighted by Gasteiger charge is 2.06. The minimum Gasteiger partial charge on any atom is -0.366 e. The Morgan fingerprint density at radius 2 is 2.00 bits per heavy atom. The van der Waals surface area contributed by atoms with Gasteiger partial charge in [0, 0.05) is 36.4 Å². The van der Waals surface area contributed by atoms with Crippen LogP contribution in [0.1, 0.15) is 10.4 Å². The Kier molecular flexibility index (Phi) is 2.77. The van der Waals surface area contributed by atoms with Crippen molar-refractivity contribution in [3.05, 3.63) is 58.8 Å². The van der Waals surface area contributed by atoms with Crippen LogP contribution in [-0.2, 0) is 0 Å². The molecular weight excluding hydrogens is 206 g/mol. The van der Waals surface area contributed by atoms with Crippen LogP contribution in [-0.4, -0.2) is 15.9 Å². The minimum absolute atomic E-state index is 0.226. The van der Waals surface area contributed by atoms with Gasteiger partial charge in [-0.25, -0.2) is 0 Å². The fourth-order valence-corrected chi connectivity index (χ4v) is 1.21. The summed E-state index contributed by atoms with van der Waals surface area (Å²) in [6.45, 7) is 0. The third-order valence-electron chi connectivity index (χ3n) is 2.01. The maximum absolute atomic E-state index is 11.7. The highest BCUT2D eigenvalue weighted by Crippen LogP contribution is 2.01. The van der Waals surface area contributed by atoms with Gasteiger partial charge in [-0.1, -0.05) is 0 Å². The van der Waals surface area contributed by atoms with E-state index in [9.17, 15) is 9.59 Å². The number of H-pyrrole nitrogens is 1. The van der Waals surface area contributed by atoms with Crippen LogP contribution in [0.5, 0.6) is 0 Å². The van der Waals surface area contributed by atoms with Crippen LogP contribution < -0.4 is 10.7 Å². The number of nitrogens with one attached hydrogen (secondary N) is 2. The maximum Gasteiger partial charge on any atom is 0.255 e. The number of carbonyl (C=O) groups excluding carboxylic acids is 1. The predicted molar refractivity (Wildman–Crippen MR) is 59.3 cm³/mol. The molecule has 0 aliphatic heterocycles. The molecule has 0 aliphatic carbocycles. The first-order valence-electron chi connectivity index (χ1n) is 4.66. The fourth-order valence-electron chi connectivity index (χ4n) is 1.21. The summed E-state index contributed by atoms with van der Waals surface area (Å²) < 4.78 is 0. The Bertz CT molecular complexity index is 548. The van der Waals surface area contributed by atoms with Gasteiger partial charge in [0.2, 0.25) is 5.43 Å². The zero-order valence-electron chi connectivity index (χ0n) is 8.31. The molecule has 0 atom stereocenters. The Labute approximate surface area is 91.2 Å². The molecule has 2 aromatic rings. The second kappa shape index (κ2) is 4.39. The van der Waals surface area contributed by atoms with Crippen molar-refractivity contribution in [1.82, 2.24) is 9.97 Å². The largest absolute Gasteiger partial charge is 0.366 e. The zero-order valence-corrected chi connectivity index (χ0v) is 8.31. The number of anilines is 1. The lowest BCUT2D eigenvalue weighted by atomic mass is 10.2. The topological polar surface area (TPSA) is 74.8 Å². The van der Waals surface area contributed by atoms with Gasteiger partial charge in [-0.05, 0) is 12.1 Å². The van der Waals surface area contributed by atoms with Gasteiger partial charge in [-0.2, -0.15) is 0 Å². The standard InChI is InChI=1S/C11H9N3O2/c15-10-3-6-13-7-9(10)14-11(16)8-1-4-12-5-2-8/h1-7H,(H,13,15)(H,14,16). The van der Waals surface area contributed by atoms with E-state index in [-0.39, 0.29) is 17.0 Å². The molecule has 0 saturated heterocycles. The van der Waals surface area contributed by atoms with Crippen molar-refractivity contribution in [3.63, 3.8) is 0 Å². The Balaban J connectivity index is 2.21. The Hall–Kier alpha value is -2.43. The van der Waals surface area contributed by atoms with E-state index in [1.807, 2.05) is 0 Å². The molecule has 0 aliphatic rings. The molecule has 0 unspecified atom stereocenters. The summed E-state index contributed by atoms with van der Waals surface area (Å²) in [6, 6.07) is 4.50. The molecule has 5 nitrogen and oxygen atoms in total. The van der Waals surface area contributed by atoms with Crippen molar-refractivity contribution < 1.29 is 4.79 Å². The monoisotopic (exact) mass is 215 g/mol. The average molecular weight is 215 g/mol. The van der Waals surface area contributed by atoms with Gasteiger partial charge >= 0.3 is 0 Å². The summed E-state index contributed by atoms with van der Waals surface area (Å²) in [7, 11) is 0. The lowest BCUT2D eigenvalue weighted by molar-refractivity contribution is 0.102. The van der Waals surface area contributed by atoms with Gasteiger partial charge in [0.15, 0.2) is 0 Å². The number of pyridine rings is 2. The van der Waals surface area contributed by atoms with E-state index in [2.05, 4.69) is 15.3 Å². The van der Waals surface area contributed by atoms with Crippen LogP contribution in [0.15, 0.2) is 47.8 Å². The van der Waals surface area contributed by atoms with Crippen LogP contribution >= 0.6 is 0 Å². The quantitative estimate of drug-likeness (QED) is 0.785. The van der Waals surface area contributed by atoms with E-state index in [0.29, 0.717) is 5.56 Å². The van der Waals surface area contributed by atoms with Gasteiger partial charge < -0.3 is 10.3 Å². The van der Waals surface area contributed by atoms with E-state index in [0.717, 1.165) is 0 Å². The summed E-state index contributed by atoms with van der Waals surface area (Å²) >= 11 is 0. The van der Waals surface area contributed by atoms with Crippen molar-refractivity contribution >= 4 is 11.6 Å². The van der Waals surface area contributed by atoms with E-state index >= 15 is 0 Å². The summed E-state index contributed by atoms with van der Waals surface area (Å²) in [4.78, 5) is 29.5. The van der Waals surface area contributed by atoms with Crippen molar-refractivity contribution in [2.45, 2.75) is 0 Å². The molecule has 80 valence electrons. The lowest BCUT2D eigenvalue weighted by Gasteiger charge is -2.03. The second-order valence-corrected chi connectivity index (χ2v) is 3.11. The Morgan fingerprint density at radius 3 is 2.69 bits per heavy atom. The lowest BCUT2D eigenvalue weighted by Crippen LogP contribution is -2.17. The molecule has 0 fully saturated rings. The molecule has 1 amide bonds. The van der Waals surface area contributed by atoms with Gasteiger partial charge in [0.1, 0.15) is 5.69 Å². The minimum atomic E-state index is -0.334. The van der Waals surface area contributed by atoms with Gasteiger partial charge in [0.25, 0.3) is 5.91 Å². The van der Waals surface area contributed by atoms with Crippen LogP contribution in [0.25, 0.3) is 0 Å². The zero-order chi connectivity index (χ0) is 11.4. The molecule has 0 radical (unpaired) electrons. The van der Waals surface area contributed by atoms with Crippen molar-refractivity contribution in [2.75, 3.05) is 5.32 Å². The molecule has 0 spiro atoms. The first kappa shape index (κ1) is 10.1. The molecule has 2 rings (SSSR count). The number of carbonyl (C=O) groups is 1. The summed E-state index contributed by atoms with van der Waals surface area (Å²) in [6.07, 6.45) is 5.99. The van der Waals surface area contributed by atoms with Gasteiger partial charge in [0.05, 0.1) is 0 Å². The highest BCUT2D eigenvalue weighted by atomic mass is 16.2. The van der Waals surface area contributed by atoms with Gasteiger partial charge in [-0.15, -0.1) is 0 Å². The molecule has 2 aromatic heterocycles. The van der Waals surface area contributed by atoms with Crippen LogP contribution in [0, 0.1) is 0 Å². The summed E-state index contributed by atoms with van der Waals surface area (Å²) in [5, 5.41) is 2.52. The van der Waals surface area contributed by atoms with Crippen molar-refractivity contribution in [3.8, 4) is 0 Å². The predicted octanol–water partition coefficient (Wildman–Crippen LogP) is 1.02. The smallest absolute Gasteiger partial charge is 0.255 e. The average Bonchev–Trinajstić information content (AvgIpc) is 2.33. The number of rotatable bonds is 2. The van der Waals surface area contributed by atoms with E-state index in [1.54, 1.807) is 12.1 Å². The number of hydrogen-bond donors (Lipinski definition) is 2. The highest BCUT2D eigenvalue weighted by molar-refractivity contribution is 6.03. The van der Waals surface area contributed by atoms with E-state index in [1.165, 1.54) is 30.9 Å². The van der Waals surface area contributed by atoms with E-state index in [4.69, 9.17) is 0 Å². The molecule has 5 heteroatoms. The van der Waals surface area contributed by atoms with Crippen molar-refractivity contribution in [1.29, 1.82) is 0 Å². The van der Waals surface area contributed by atoms with E-state index < -0.39 is 0 Å². The molecule has 2 heterocycles. The number of nitrogens with zero attached hydrogens (tertiary/aromatic N) is 1. The third kappa shape index (κ3) is 2.14. The number of aromatic nitrogens is 2. The maximum atomic E-state index is 11.7. The number of aromatic amines is 1. The third-order valence-corrected chi connectivity index (χ3v) is 2.01. The molecule has 2 N–H and O–H groups in total.